The molecule has 0 aromatic carbocycles. The first kappa shape index (κ1) is 15.2. The maximum Gasteiger partial charge on any atom is 0.264 e. The van der Waals surface area contributed by atoms with Crippen molar-refractivity contribution < 1.29 is 9.21 Å². The highest BCUT2D eigenvalue weighted by molar-refractivity contribution is 7.98. The molecule has 3 heterocycles. The fourth-order valence-electron chi connectivity index (χ4n) is 1.96. The van der Waals surface area contributed by atoms with Gasteiger partial charge in [-0.05, 0) is 18.4 Å². The number of thioether (sulfide) groups is 1. The molecule has 0 spiro atoms. The largest absolute Gasteiger partial charge is 0.467 e. The topological polar surface area (TPSA) is 103 Å². The number of furan rings is 1. The number of amides is 1. The molecule has 1 N–H and O–H groups in total. The molecule has 118 valence electrons. The van der Waals surface area contributed by atoms with Gasteiger partial charge in [0, 0.05) is 6.20 Å². The zero-order valence-electron chi connectivity index (χ0n) is 12.2. The average molecular weight is 331 g/mol. The van der Waals surface area contributed by atoms with Gasteiger partial charge in [0.05, 0.1) is 12.8 Å². The first-order valence-corrected chi connectivity index (χ1v) is 7.95. The second kappa shape index (κ2) is 6.61. The van der Waals surface area contributed by atoms with Gasteiger partial charge in [-0.3, -0.25) is 14.2 Å². The maximum absolute atomic E-state index is 12.3. The van der Waals surface area contributed by atoms with Crippen LogP contribution in [0.2, 0.25) is 0 Å². The van der Waals surface area contributed by atoms with Crippen LogP contribution in [-0.2, 0) is 17.9 Å². The van der Waals surface area contributed by atoms with E-state index in [0.717, 1.165) is 0 Å². The van der Waals surface area contributed by atoms with Gasteiger partial charge >= 0.3 is 0 Å². The van der Waals surface area contributed by atoms with Crippen molar-refractivity contribution in [3.05, 3.63) is 47.0 Å². The zero-order valence-corrected chi connectivity index (χ0v) is 13.0. The average Bonchev–Trinajstić information content (AvgIpc) is 3.09. The molecule has 0 unspecified atom stereocenters. The Morgan fingerprint density at radius 2 is 2.30 bits per heavy atom. The molecule has 3 aromatic heterocycles. The van der Waals surface area contributed by atoms with Crippen LogP contribution < -0.4 is 10.9 Å². The third-order valence-corrected chi connectivity index (χ3v) is 3.66. The molecule has 9 heteroatoms. The Hall–Kier alpha value is -2.68. The van der Waals surface area contributed by atoms with E-state index in [1.165, 1.54) is 35.1 Å². The molecular formula is C14H13N5O3S. The van der Waals surface area contributed by atoms with Crippen molar-refractivity contribution in [2.75, 3.05) is 6.26 Å². The highest BCUT2D eigenvalue weighted by Crippen LogP contribution is 2.10. The summed E-state index contributed by atoms with van der Waals surface area (Å²) in [5.74, 6) is 0.326. The zero-order chi connectivity index (χ0) is 16.2. The predicted octanol–water partition coefficient (Wildman–Crippen LogP) is 0.818. The van der Waals surface area contributed by atoms with Crippen molar-refractivity contribution in [2.45, 2.75) is 18.2 Å². The molecule has 0 aliphatic rings. The second-order valence-electron chi connectivity index (χ2n) is 4.63. The van der Waals surface area contributed by atoms with Gasteiger partial charge in [0.25, 0.3) is 5.56 Å². The number of carbonyl (C=O) groups excluding carboxylic acids is 1. The Bertz CT molecular complexity index is 891. The minimum Gasteiger partial charge on any atom is -0.467 e. The van der Waals surface area contributed by atoms with Crippen molar-refractivity contribution in [1.82, 2.24) is 24.8 Å². The standard InChI is InChI=1S/C14H13N5O3S/c1-23-14-16-6-10-12(18-14)17-8-19(13(10)21)7-11(20)15-5-9-3-2-4-22-9/h2-4,6,8H,5,7H2,1H3,(H,15,20). The number of nitrogens with one attached hydrogen (secondary N) is 1. The van der Waals surface area contributed by atoms with Gasteiger partial charge in [-0.2, -0.15) is 0 Å². The van der Waals surface area contributed by atoms with Crippen molar-refractivity contribution in [1.29, 1.82) is 0 Å². The van der Waals surface area contributed by atoms with Crippen LogP contribution in [0.25, 0.3) is 11.0 Å². The molecule has 23 heavy (non-hydrogen) atoms. The third kappa shape index (κ3) is 3.39. The second-order valence-corrected chi connectivity index (χ2v) is 5.40. The molecule has 0 radical (unpaired) electrons. The van der Waals surface area contributed by atoms with Crippen LogP contribution in [0.3, 0.4) is 0 Å². The molecule has 0 aliphatic carbocycles. The van der Waals surface area contributed by atoms with E-state index >= 15 is 0 Å². The van der Waals surface area contributed by atoms with Gasteiger partial charge in [-0.1, -0.05) is 11.8 Å². The molecule has 1 amide bonds. The molecule has 0 atom stereocenters. The van der Waals surface area contributed by atoms with Crippen LogP contribution in [0, 0.1) is 0 Å². The molecule has 3 aromatic rings. The Labute approximate surface area is 135 Å². The predicted molar refractivity (Wildman–Crippen MR) is 83.9 cm³/mol. The number of hydrogen-bond donors (Lipinski definition) is 1. The first-order chi connectivity index (χ1) is 11.2. The number of carbonyl (C=O) groups is 1. The normalized spacial score (nSPS) is 10.8. The molecule has 8 nitrogen and oxygen atoms in total. The fraction of sp³-hybridized carbons (Fsp3) is 0.214. The number of aromatic nitrogens is 4. The van der Waals surface area contributed by atoms with E-state index < -0.39 is 0 Å². The van der Waals surface area contributed by atoms with Crippen LogP contribution in [-0.4, -0.2) is 31.7 Å². The van der Waals surface area contributed by atoms with E-state index in [0.29, 0.717) is 16.6 Å². The monoisotopic (exact) mass is 331 g/mol. The lowest BCUT2D eigenvalue weighted by Gasteiger charge is -2.07. The van der Waals surface area contributed by atoms with E-state index in [1.807, 2.05) is 6.26 Å². The van der Waals surface area contributed by atoms with Gasteiger partial charge < -0.3 is 9.73 Å². The molecule has 0 saturated carbocycles. The van der Waals surface area contributed by atoms with Gasteiger partial charge in [0.2, 0.25) is 5.91 Å². The summed E-state index contributed by atoms with van der Waals surface area (Å²) in [5, 5.41) is 3.49. The summed E-state index contributed by atoms with van der Waals surface area (Å²) in [6.45, 7) is 0.133. The Balaban J connectivity index is 1.76. The lowest BCUT2D eigenvalue weighted by Crippen LogP contribution is -2.32. The lowest BCUT2D eigenvalue weighted by atomic mass is 10.4. The number of fused-ring (bicyclic) bond motifs is 1. The summed E-state index contributed by atoms with van der Waals surface area (Å²) >= 11 is 1.37. The van der Waals surface area contributed by atoms with E-state index in [2.05, 4.69) is 20.3 Å². The Morgan fingerprint density at radius 1 is 1.43 bits per heavy atom. The highest BCUT2D eigenvalue weighted by atomic mass is 32.2. The fourth-order valence-corrected chi connectivity index (χ4v) is 2.29. The van der Waals surface area contributed by atoms with E-state index in [9.17, 15) is 9.59 Å². The Morgan fingerprint density at radius 3 is 3.04 bits per heavy atom. The van der Waals surface area contributed by atoms with Crippen LogP contribution in [0.5, 0.6) is 0 Å². The molecule has 3 rings (SSSR count). The molecule has 0 bridgehead atoms. The minimum atomic E-state index is -0.351. The number of hydrogen-bond acceptors (Lipinski definition) is 7. The summed E-state index contributed by atoms with van der Waals surface area (Å²) in [4.78, 5) is 36.6. The number of nitrogens with zero attached hydrogens (tertiary/aromatic N) is 4. The third-order valence-electron chi connectivity index (χ3n) is 3.09. The van der Waals surface area contributed by atoms with Crippen molar-refractivity contribution in [3.8, 4) is 0 Å². The van der Waals surface area contributed by atoms with Crippen LogP contribution >= 0.6 is 11.8 Å². The van der Waals surface area contributed by atoms with Crippen LogP contribution in [0.4, 0.5) is 0 Å². The highest BCUT2D eigenvalue weighted by Gasteiger charge is 2.10. The number of rotatable bonds is 5. The van der Waals surface area contributed by atoms with Crippen LogP contribution in [0.15, 0.2) is 45.3 Å². The van der Waals surface area contributed by atoms with E-state index in [4.69, 9.17) is 4.42 Å². The SMILES string of the molecule is CSc1ncc2c(=O)n(CC(=O)NCc3ccco3)cnc2n1. The van der Waals surface area contributed by atoms with Crippen molar-refractivity contribution in [3.63, 3.8) is 0 Å². The summed E-state index contributed by atoms with van der Waals surface area (Å²) in [7, 11) is 0. The molecule has 0 aliphatic heterocycles. The lowest BCUT2D eigenvalue weighted by molar-refractivity contribution is -0.122. The first-order valence-electron chi connectivity index (χ1n) is 6.72. The van der Waals surface area contributed by atoms with E-state index in [-0.39, 0.29) is 29.9 Å². The van der Waals surface area contributed by atoms with Crippen molar-refractivity contribution in [2.24, 2.45) is 0 Å². The minimum absolute atomic E-state index is 0.132. The smallest absolute Gasteiger partial charge is 0.264 e. The van der Waals surface area contributed by atoms with Gasteiger partial charge in [-0.15, -0.1) is 0 Å². The van der Waals surface area contributed by atoms with Gasteiger partial charge in [-0.25, -0.2) is 15.0 Å². The summed E-state index contributed by atoms with van der Waals surface area (Å²) in [6, 6.07) is 3.49. The summed E-state index contributed by atoms with van der Waals surface area (Å²) < 4.78 is 6.35. The maximum atomic E-state index is 12.3. The summed E-state index contributed by atoms with van der Waals surface area (Å²) in [5.41, 5.74) is -0.0302. The summed E-state index contributed by atoms with van der Waals surface area (Å²) in [6.07, 6.45) is 6.11. The Kier molecular flexibility index (Phi) is 4.38. The molecule has 0 fully saturated rings. The van der Waals surface area contributed by atoms with Crippen LogP contribution in [0.1, 0.15) is 5.76 Å². The van der Waals surface area contributed by atoms with Gasteiger partial charge in [0.15, 0.2) is 10.8 Å². The van der Waals surface area contributed by atoms with Crippen molar-refractivity contribution >= 4 is 28.7 Å². The van der Waals surface area contributed by atoms with Gasteiger partial charge in [0.1, 0.15) is 24.0 Å². The quantitative estimate of drug-likeness (QED) is 0.545. The molecular weight excluding hydrogens is 318 g/mol. The molecule has 0 saturated heterocycles. The van der Waals surface area contributed by atoms with E-state index in [1.54, 1.807) is 12.1 Å².